The van der Waals surface area contributed by atoms with E-state index in [1.54, 1.807) is 7.11 Å². The number of hydrogen-bond donors (Lipinski definition) is 2. The Morgan fingerprint density at radius 2 is 1.84 bits per heavy atom. The Kier molecular flexibility index (Phi) is 7.41. The van der Waals surface area contributed by atoms with Crippen LogP contribution in [0.3, 0.4) is 0 Å². The van der Waals surface area contributed by atoms with E-state index in [-0.39, 0.29) is 17.8 Å². The van der Waals surface area contributed by atoms with Gasteiger partial charge in [-0.25, -0.2) is 0 Å². The van der Waals surface area contributed by atoms with E-state index in [9.17, 15) is 4.79 Å². The first kappa shape index (κ1) is 23.9. The second-order valence-electron chi connectivity index (χ2n) is 11.1. The minimum absolute atomic E-state index is 0. The number of halogens is 1. The summed E-state index contributed by atoms with van der Waals surface area (Å²) in [6, 6.07) is 7.38. The Bertz CT molecular complexity index is 761. The molecule has 0 radical (unpaired) electrons. The van der Waals surface area contributed by atoms with Gasteiger partial charge in [0, 0.05) is 24.0 Å². The summed E-state index contributed by atoms with van der Waals surface area (Å²) >= 11 is 0. The summed E-state index contributed by atoms with van der Waals surface area (Å²) in [6.07, 6.45) is 13.1. The lowest BCUT2D eigenvalue weighted by molar-refractivity contribution is -0.146. The summed E-state index contributed by atoms with van der Waals surface area (Å²) in [7, 11) is 1.77. The molecule has 0 spiro atoms. The maximum absolute atomic E-state index is 13.2. The summed E-state index contributed by atoms with van der Waals surface area (Å²) in [5.41, 5.74) is 2.79. The van der Waals surface area contributed by atoms with Crippen molar-refractivity contribution in [3.63, 3.8) is 0 Å². The van der Waals surface area contributed by atoms with Crippen molar-refractivity contribution in [3.8, 4) is 5.75 Å². The summed E-state index contributed by atoms with van der Waals surface area (Å²) in [4.78, 5) is 13.2. The van der Waals surface area contributed by atoms with Gasteiger partial charge in [-0.2, -0.15) is 0 Å². The molecule has 2 N–H and O–H groups in total. The predicted octanol–water partition coefficient (Wildman–Crippen LogP) is 5.07. The van der Waals surface area contributed by atoms with Crippen molar-refractivity contribution in [1.29, 1.82) is 0 Å². The maximum atomic E-state index is 13.2. The zero-order valence-electron chi connectivity index (χ0n) is 19.8. The molecule has 0 aromatic heterocycles. The van der Waals surface area contributed by atoms with Crippen molar-refractivity contribution >= 4 is 18.3 Å². The number of carbonyl (C=O) groups is 1. The fourth-order valence-electron chi connectivity index (χ4n) is 7.76. The zero-order valence-corrected chi connectivity index (χ0v) is 20.6. The van der Waals surface area contributed by atoms with Crippen molar-refractivity contribution < 1.29 is 9.53 Å². The normalized spacial score (nSPS) is 33.2. The Balaban J connectivity index is 0.00000245. The number of ether oxygens (including phenoxy) is 1. The number of hydrogen-bond acceptors (Lipinski definition) is 3. The lowest BCUT2D eigenvalue weighted by Gasteiger charge is -2.55. The number of fused-ring (bicyclic) bond motifs is 1. The molecular weight excluding hydrogens is 420 g/mol. The van der Waals surface area contributed by atoms with E-state index in [0.717, 1.165) is 75.0 Å². The van der Waals surface area contributed by atoms with Gasteiger partial charge in [0.05, 0.1) is 7.11 Å². The van der Waals surface area contributed by atoms with Gasteiger partial charge in [0.1, 0.15) is 5.75 Å². The van der Waals surface area contributed by atoms with Crippen LogP contribution in [0.5, 0.6) is 5.75 Å². The number of methoxy groups -OCH3 is 1. The predicted molar refractivity (Wildman–Crippen MR) is 132 cm³/mol. The molecule has 4 saturated carbocycles. The molecule has 2 atom stereocenters. The van der Waals surface area contributed by atoms with Crippen molar-refractivity contribution in [2.45, 2.75) is 89.6 Å². The highest BCUT2D eigenvalue weighted by molar-refractivity contribution is 5.85. The summed E-state index contributed by atoms with van der Waals surface area (Å²) in [5, 5.41) is 7.28. The molecule has 0 saturated heterocycles. The molecule has 4 fully saturated rings. The lowest BCUT2D eigenvalue weighted by Crippen LogP contribution is -2.54. The van der Waals surface area contributed by atoms with Crippen molar-refractivity contribution in [2.24, 2.45) is 23.2 Å². The third-order valence-corrected chi connectivity index (χ3v) is 8.93. The minimum Gasteiger partial charge on any atom is -0.496 e. The van der Waals surface area contributed by atoms with Crippen LogP contribution in [0.15, 0.2) is 18.2 Å². The van der Waals surface area contributed by atoms with Gasteiger partial charge in [-0.1, -0.05) is 19.1 Å². The van der Waals surface area contributed by atoms with E-state index in [0.29, 0.717) is 18.0 Å². The highest BCUT2D eigenvalue weighted by Crippen LogP contribution is 2.60. The van der Waals surface area contributed by atoms with Gasteiger partial charge in [-0.3, -0.25) is 4.79 Å². The van der Waals surface area contributed by atoms with Crippen LogP contribution >= 0.6 is 12.4 Å². The van der Waals surface area contributed by atoms with Crippen molar-refractivity contribution in [1.82, 2.24) is 10.6 Å². The van der Waals surface area contributed by atoms with Crippen LogP contribution in [-0.4, -0.2) is 31.6 Å². The topological polar surface area (TPSA) is 50.4 Å². The van der Waals surface area contributed by atoms with Crippen LogP contribution in [0.4, 0.5) is 0 Å². The monoisotopic (exact) mass is 460 g/mol. The van der Waals surface area contributed by atoms with E-state index in [4.69, 9.17) is 4.74 Å². The lowest BCUT2D eigenvalue weighted by atomic mass is 9.49. The smallest absolute Gasteiger partial charge is 0.226 e. The molecule has 1 aromatic rings. The molecule has 4 nitrogen and oxygen atoms in total. The van der Waals surface area contributed by atoms with Crippen LogP contribution in [0.1, 0.15) is 75.8 Å². The van der Waals surface area contributed by atoms with E-state index in [1.807, 2.05) is 0 Å². The molecule has 6 rings (SSSR count). The van der Waals surface area contributed by atoms with Gasteiger partial charge >= 0.3 is 0 Å². The molecule has 4 bridgehead atoms. The molecular formula is C27H41ClN2O2. The van der Waals surface area contributed by atoms with Crippen LogP contribution in [-0.2, 0) is 17.6 Å². The molecule has 178 valence electrons. The fourth-order valence-corrected chi connectivity index (χ4v) is 7.76. The van der Waals surface area contributed by atoms with Gasteiger partial charge in [-0.15, -0.1) is 12.4 Å². The number of rotatable bonds is 8. The molecule has 32 heavy (non-hydrogen) atoms. The molecule has 5 heteroatoms. The third-order valence-electron chi connectivity index (χ3n) is 8.93. The summed E-state index contributed by atoms with van der Waals surface area (Å²) < 4.78 is 5.61. The molecule has 0 heterocycles. The van der Waals surface area contributed by atoms with Gasteiger partial charge < -0.3 is 15.4 Å². The van der Waals surface area contributed by atoms with Gasteiger partial charge in [0.15, 0.2) is 0 Å². The van der Waals surface area contributed by atoms with Crippen molar-refractivity contribution in [2.75, 3.05) is 13.7 Å². The largest absolute Gasteiger partial charge is 0.496 e. The number of amides is 1. The van der Waals surface area contributed by atoms with E-state index in [1.165, 1.54) is 36.8 Å². The first-order valence-corrected chi connectivity index (χ1v) is 12.8. The summed E-state index contributed by atoms with van der Waals surface area (Å²) in [5.74, 6) is 3.88. The Morgan fingerprint density at radius 1 is 1.16 bits per heavy atom. The summed E-state index contributed by atoms with van der Waals surface area (Å²) in [6.45, 7) is 3.06. The average Bonchev–Trinajstić information content (AvgIpc) is 2.77. The van der Waals surface area contributed by atoms with Gasteiger partial charge in [-0.05, 0) is 106 Å². The van der Waals surface area contributed by atoms with Crippen LogP contribution in [0.2, 0.25) is 0 Å². The fraction of sp³-hybridized carbons (Fsp3) is 0.741. The molecule has 0 aliphatic heterocycles. The molecule has 5 aliphatic rings. The molecule has 1 amide bonds. The molecule has 1 aromatic carbocycles. The first-order chi connectivity index (χ1) is 15.1. The van der Waals surface area contributed by atoms with E-state index >= 15 is 0 Å². The quantitative estimate of drug-likeness (QED) is 0.569. The van der Waals surface area contributed by atoms with Gasteiger partial charge in [0.25, 0.3) is 0 Å². The first-order valence-electron chi connectivity index (χ1n) is 12.8. The average molecular weight is 461 g/mol. The molecule has 2 unspecified atom stereocenters. The second kappa shape index (κ2) is 9.93. The Hall–Kier alpha value is -1.26. The number of nitrogens with one attached hydrogen (secondary N) is 2. The minimum atomic E-state index is -0.0203. The van der Waals surface area contributed by atoms with E-state index in [2.05, 4.69) is 35.8 Å². The SMILES string of the molecule is CCC(CCNC(=O)C12CC3CC(CC(C3)C1)C2)NC1CCc2cccc(OC)c2C1.Cl. The zero-order chi connectivity index (χ0) is 21.4. The van der Waals surface area contributed by atoms with Gasteiger partial charge in [0.2, 0.25) is 5.91 Å². The highest BCUT2D eigenvalue weighted by atomic mass is 35.5. The number of benzene rings is 1. The Morgan fingerprint density at radius 3 is 2.47 bits per heavy atom. The Labute approximate surface area is 200 Å². The number of carbonyl (C=O) groups excluding carboxylic acids is 1. The highest BCUT2D eigenvalue weighted by Gasteiger charge is 2.54. The van der Waals surface area contributed by atoms with Crippen molar-refractivity contribution in [3.05, 3.63) is 29.3 Å². The van der Waals surface area contributed by atoms with Crippen LogP contribution < -0.4 is 15.4 Å². The third kappa shape index (κ3) is 4.68. The second-order valence-corrected chi connectivity index (χ2v) is 11.1. The molecule has 5 aliphatic carbocycles. The maximum Gasteiger partial charge on any atom is 0.226 e. The number of aryl methyl sites for hydroxylation is 1. The standard InChI is InChI=1S/C27H40N2O2.ClH/c1-3-22(29-23-8-7-21-5-4-6-25(31-2)24(21)14-23)9-10-28-26(30)27-15-18-11-19(16-27)13-20(12-18)17-27;/h4-6,18-20,22-23,29H,3,7-17H2,1-2H3,(H,28,30);1H. The van der Waals surface area contributed by atoms with E-state index < -0.39 is 0 Å². The van der Waals surface area contributed by atoms with Crippen LogP contribution in [0.25, 0.3) is 0 Å². The van der Waals surface area contributed by atoms with Crippen LogP contribution in [0, 0.1) is 23.2 Å².